The van der Waals surface area contributed by atoms with Crippen LogP contribution in [0.25, 0.3) is 0 Å². The molecule has 0 spiro atoms. The molecule has 0 atom stereocenters. The van der Waals surface area contributed by atoms with Crippen molar-refractivity contribution in [3.63, 3.8) is 0 Å². The van der Waals surface area contributed by atoms with Crippen LogP contribution in [0.4, 0.5) is 4.39 Å². The summed E-state index contributed by atoms with van der Waals surface area (Å²) in [6.07, 6.45) is 0. The Bertz CT molecular complexity index is 346. The van der Waals surface area contributed by atoms with E-state index >= 15 is 0 Å². The summed E-state index contributed by atoms with van der Waals surface area (Å²) in [5.41, 5.74) is 0. The molecule has 1 aromatic rings. The summed E-state index contributed by atoms with van der Waals surface area (Å²) >= 11 is 0. The average Bonchev–Trinajstić information content (AvgIpc) is 1.86. The Kier molecular flexibility index (Phi) is 4.22. The predicted molar refractivity (Wildman–Crippen MR) is 42.0 cm³/mol. The van der Waals surface area contributed by atoms with Gasteiger partial charge in [0.25, 0.3) is 10.1 Å². The maximum Gasteiger partial charge on any atom is 0.294 e. The Morgan fingerprint density at radius 3 is 1.92 bits per heavy atom. The normalized spacial score (nSPS) is 10.5. The van der Waals surface area contributed by atoms with Gasteiger partial charge in [-0.2, -0.15) is 8.42 Å². The first-order valence-electron chi connectivity index (χ1n) is 2.73. The molecule has 0 bridgehead atoms. The van der Waals surface area contributed by atoms with Gasteiger partial charge in [0.1, 0.15) is 5.82 Å². The van der Waals surface area contributed by atoms with Crippen LogP contribution in [0.15, 0.2) is 29.2 Å². The van der Waals surface area contributed by atoms with Gasteiger partial charge in [-0.15, -0.1) is 0 Å². The molecule has 3 radical (unpaired) electrons. The quantitative estimate of drug-likeness (QED) is 0.775. The number of rotatable bonds is 1. The molecule has 0 aliphatic rings. The Hall–Kier alpha value is -0.0699. The van der Waals surface area contributed by atoms with E-state index in [1.165, 1.54) is 0 Å². The molecule has 0 aliphatic heterocycles. The zero-order valence-electron chi connectivity index (χ0n) is 5.94. The van der Waals surface area contributed by atoms with E-state index in [0.29, 0.717) is 0 Å². The minimum Gasteiger partial charge on any atom is -0.282 e. The SMILES string of the molecule is O=S(=O)(O)c1ccc(F)cc1.[In]. The van der Waals surface area contributed by atoms with Gasteiger partial charge in [0, 0.05) is 25.8 Å². The monoisotopic (exact) mass is 291 g/mol. The third-order valence-corrected chi connectivity index (χ3v) is 1.98. The largest absolute Gasteiger partial charge is 0.294 e. The van der Waals surface area contributed by atoms with E-state index in [4.69, 9.17) is 4.55 Å². The van der Waals surface area contributed by atoms with Crippen LogP contribution in [-0.2, 0) is 10.1 Å². The van der Waals surface area contributed by atoms with Crippen LogP contribution in [-0.4, -0.2) is 38.8 Å². The topological polar surface area (TPSA) is 54.4 Å². The van der Waals surface area contributed by atoms with Gasteiger partial charge in [-0.1, -0.05) is 0 Å². The number of benzene rings is 1. The molecule has 0 saturated heterocycles. The Labute approximate surface area is 88.1 Å². The van der Waals surface area contributed by atoms with Gasteiger partial charge < -0.3 is 0 Å². The second kappa shape index (κ2) is 4.25. The van der Waals surface area contributed by atoms with Crippen molar-refractivity contribution in [2.75, 3.05) is 0 Å². The van der Waals surface area contributed by atoms with Crippen molar-refractivity contribution in [2.24, 2.45) is 0 Å². The molecular formula is C6H5FInO3S. The minimum atomic E-state index is -4.19. The predicted octanol–water partition coefficient (Wildman–Crippen LogP) is 0.692. The smallest absolute Gasteiger partial charge is 0.282 e. The summed E-state index contributed by atoms with van der Waals surface area (Å²) in [5.74, 6) is -0.544. The second-order valence-electron chi connectivity index (χ2n) is 1.93. The van der Waals surface area contributed by atoms with Crippen LogP contribution in [0.3, 0.4) is 0 Å². The average molecular weight is 291 g/mol. The van der Waals surface area contributed by atoms with E-state index in [1.807, 2.05) is 0 Å². The first-order valence-corrected chi connectivity index (χ1v) is 4.17. The van der Waals surface area contributed by atoms with E-state index in [-0.39, 0.29) is 30.7 Å². The number of hydrogen-bond acceptors (Lipinski definition) is 2. The zero-order chi connectivity index (χ0) is 8.48. The van der Waals surface area contributed by atoms with Crippen LogP contribution >= 0.6 is 0 Å². The van der Waals surface area contributed by atoms with Crippen LogP contribution in [0, 0.1) is 5.82 Å². The minimum absolute atomic E-state index is 0. The molecule has 3 nitrogen and oxygen atoms in total. The zero-order valence-corrected chi connectivity index (χ0v) is 10.0. The maximum atomic E-state index is 12.2. The van der Waals surface area contributed by atoms with E-state index < -0.39 is 15.9 Å². The van der Waals surface area contributed by atoms with Crippen molar-refractivity contribution in [1.82, 2.24) is 0 Å². The van der Waals surface area contributed by atoms with Crippen LogP contribution in [0.5, 0.6) is 0 Å². The molecule has 0 saturated carbocycles. The van der Waals surface area contributed by atoms with Gasteiger partial charge in [0.05, 0.1) is 4.90 Å². The molecule has 1 rings (SSSR count). The van der Waals surface area contributed by atoms with Crippen molar-refractivity contribution in [1.29, 1.82) is 0 Å². The van der Waals surface area contributed by atoms with Crippen LogP contribution in [0.1, 0.15) is 0 Å². The molecule has 1 aromatic carbocycles. The molecule has 0 heterocycles. The molecule has 1 N–H and O–H groups in total. The van der Waals surface area contributed by atoms with Gasteiger partial charge in [0.2, 0.25) is 0 Å². The van der Waals surface area contributed by atoms with Gasteiger partial charge in [-0.3, -0.25) is 4.55 Å². The first kappa shape index (κ1) is 11.9. The van der Waals surface area contributed by atoms with Crippen molar-refractivity contribution >= 4 is 36.0 Å². The van der Waals surface area contributed by atoms with Crippen LogP contribution < -0.4 is 0 Å². The Morgan fingerprint density at radius 2 is 1.58 bits per heavy atom. The summed E-state index contributed by atoms with van der Waals surface area (Å²) < 4.78 is 41.4. The summed E-state index contributed by atoms with van der Waals surface area (Å²) in [6.45, 7) is 0. The van der Waals surface area contributed by atoms with E-state index in [2.05, 4.69) is 0 Å². The molecule has 12 heavy (non-hydrogen) atoms. The third kappa shape index (κ3) is 3.12. The van der Waals surface area contributed by atoms with Crippen molar-refractivity contribution in [3.05, 3.63) is 30.1 Å². The fraction of sp³-hybridized carbons (Fsp3) is 0. The summed E-state index contributed by atoms with van der Waals surface area (Å²) in [7, 11) is -4.19. The van der Waals surface area contributed by atoms with Crippen molar-refractivity contribution < 1.29 is 17.4 Å². The maximum absolute atomic E-state index is 12.2. The standard InChI is InChI=1S/C6H5FO3S.In/c7-5-1-3-6(4-2-5)11(8,9)10;/h1-4H,(H,8,9,10);. The Morgan fingerprint density at radius 1 is 1.17 bits per heavy atom. The molecule has 63 valence electrons. The first-order chi connectivity index (χ1) is 5.00. The molecule has 0 aromatic heterocycles. The summed E-state index contributed by atoms with van der Waals surface area (Å²) in [6, 6.07) is 3.90. The Balaban J connectivity index is 0.00000121. The number of hydrogen-bond donors (Lipinski definition) is 1. The molecule has 0 unspecified atom stereocenters. The molecular weight excluding hydrogens is 286 g/mol. The molecule has 6 heteroatoms. The summed E-state index contributed by atoms with van der Waals surface area (Å²) in [5, 5.41) is 0. The van der Waals surface area contributed by atoms with E-state index in [9.17, 15) is 12.8 Å². The number of halogens is 1. The fourth-order valence-electron chi connectivity index (χ4n) is 0.607. The van der Waals surface area contributed by atoms with Crippen LogP contribution in [0.2, 0.25) is 0 Å². The summed E-state index contributed by atoms with van der Waals surface area (Å²) in [4.78, 5) is -0.307. The van der Waals surface area contributed by atoms with Gasteiger partial charge >= 0.3 is 0 Å². The molecule has 0 aliphatic carbocycles. The van der Waals surface area contributed by atoms with Gasteiger partial charge in [-0.05, 0) is 24.3 Å². The molecule has 0 fully saturated rings. The van der Waals surface area contributed by atoms with Gasteiger partial charge in [0.15, 0.2) is 0 Å². The second-order valence-corrected chi connectivity index (χ2v) is 3.35. The van der Waals surface area contributed by atoms with E-state index in [1.54, 1.807) is 0 Å². The molecule has 0 amide bonds. The van der Waals surface area contributed by atoms with Gasteiger partial charge in [-0.25, -0.2) is 4.39 Å². The van der Waals surface area contributed by atoms with Crippen molar-refractivity contribution in [3.8, 4) is 0 Å². The van der Waals surface area contributed by atoms with Crippen molar-refractivity contribution in [2.45, 2.75) is 4.90 Å². The third-order valence-electron chi connectivity index (χ3n) is 1.11. The van der Waals surface area contributed by atoms with E-state index in [0.717, 1.165) is 24.3 Å². The fourth-order valence-corrected chi connectivity index (χ4v) is 1.09.